The number of nitrogens with two attached hydrogens (primary N) is 1. The molecule has 1 aromatic carbocycles. The summed E-state index contributed by atoms with van der Waals surface area (Å²) in [5, 5.41) is 14.0. The molecule has 0 spiro atoms. The van der Waals surface area contributed by atoms with E-state index in [1.807, 2.05) is 0 Å². The van der Waals surface area contributed by atoms with Gasteiger partial charge in [0.15, 0.2) is 11.7 Å². The van der Waals surface area contributed by atoms with E-state index in [1.54, 1.807) is 0 Å². The molecule has 0 saturated heterocycles. The third-order valence-corrected chi connectivity index (χ3v) is 3.30. The van der Waals surface area contributed by atoms with Crippen molar-refractivity contribution in [1.29, 1.82) is 0 Å². The topological polar surface area (TPSA) is 87.7 Å². The van der Waals surface area contributed by atoms with Crippen LogP contribution < -0.4 is 11.1 Å². The van der Waals surface area contributed by atoms with Crippen LogP contribution in [-0.4, -0.2) is 23.0 Å². The van der Waals surface area contributed by atoms with Crippen LogP contribution in [0.4, 0.5) is 4.39 Å². The lowest BCUT2D eigenvalue weighted by Crippen LogP contribution is -2.46. The minimum absolute atomic E-state index is 0.0849. The predicted molar refractivity (Wildman–Crippen MR) is 68.8 cm³/mol. The zero-order chi connectivity index (χ0) is 14.0. The molecule has 0 aliphatic heterocycles. The summed E-state index contributed by atoms with van der Waals surface area (Å²) < 4.78 is 13.7. The van der Waals surface area contributed by atoms with Crippen LogP contribution in [0, 0.1) is 11.7 Å². The zero-order valence-corrected chi connectivity index (χ0v) is 10.7. The molecule has 1 amide bonds. The van der Waals surface area contributed by atoms with E-state index in [2.05, 4.69) is 10.5 Å². The number of nitrogens with one attached hydrogen (secondary N) is 1. The molecule has 1 aliphatic carbocycles. The van der Waals surface area contributed by atoms with E-state index in [1.165, 1.54) is 18.2 Å². The fourth-order valence-corrected chi connectivity index (χ4v) is 2.00. The maximum absolute atomic E-state index is 13.7. The van der Waals surface area contributed by atoms with Gasteiger partial charge < -0.3 is 16.3 Å². The number of halogens is 2. The molecule has 0 radical (unpaired) electrons. The first-order valence-corrected chi connectivity index (χ1v) is 6.14. The molecule has 0 bridgehead atoms. The molecule has 19 heavy (non-hydrogen) atoms. The van der Waals surface area contributed by atoms with Crippen molar-refractivity contribution in [2.24, 2.45) is 16.8 Å². The van der Waals surface area contributed by atoms with E-state index in [-0.39, 0.29) is 22.3 Å². The van der Waals surface area contributed by atoms with Crippen molar-refractivity contribution in [2.45, 2.75) is 18.9 Å². The van der Waals surface area contributed by atoms with Crippen molar-refractivity contribution in [3.8, 4) is 0 Å². The van der Waals surface area contributed by atoms with E-state index in [9.17, 15) is 9.18 Å². The lowest BCUT2D eigenvalue weighted by Gasteiger charge is -2.17. The Labute approximate surface area is 114 Å². The Morgan fingerprint density at radius 2 is 2.26 bits per heavy atom. The Bertz CT molecular complexity index is 532. The number of nitrogens with zero attached hydrogens (tertiary/aromatic N) is 1. The fourth-order valence-electron chi connectivity index (χ4n) is 1.82. The van der Waals surface area contributed by atoms with Gasteiger partial charge in [-0.25, -0.2) is 4.39 Å². The summed E-state index contributed by atoms with van der Waals surface area (Å²) in [6.07, 6.45) is 1.75. The number of carbonyl (C=O) groups is 1. The molecule has 1 saturated carbocycles. The summed E-state index contributed by atoms with van der Waals surface area (Å²) in [6, 6.07) is 3.58. The minimum Gasteiger partial charge on any atom is -0.409 e. The second-order valence-corrected chi connectivity index (χ2v) is 4.82. The smallest absolute Gasteiger partial charge is 0.254 e. The van der Waals surface area contributed by atoms with Gasteiger partial charge in [0.05, 0.1) is 16.6 Å². The molecule has 1 fully saturated rings. The lowest BCUT2D eigenvalue weighted by molar-refractivity contribution is 0.0939. The highest BCUT2D eigenvalue weighted by atomic mass is 35.5. The molecule has 1 atom stereocenters. The number of hydrogen-bond donors (Lipinski definition) is 3. The maximum atomic E-state index is 13.7. The largest absolute Gasteiger partial charge is 0.409 e. The van der Waals surface area contributed by atoms with Crippen LogP contribution >= 0.6 is 11.6 Å². The lowest BCUT2D eigenvalue weighted by atomic mass is 10.1. The molecule has 2 rings (SSSR count). The van der Waals surface area contributed by atoms with Gasteiger partial charge in [-0.15, -0.1) is 0 Å². The monoisotopic (exact) mass is 285 g/mol. The quantitative estimate of drug-likeness (QED) is 0.341. The number of amidine groups is 1. The molecule has 7 heteroatoms. The summed E-state index contributed by atoms with van der Waals surface area (Å²) in [7, 11) is 0. The van der Waals surface area contributed by atoms with Gasteiger partial charge >= 0.3 is 0 Å². The Morgan fingerprint density at radius 3 is 2.84 bits per heavy atom. The van der Waals surface area contributed by atoms with Crippen LogP contribution in [-0.2, 0) is 0 Å². The number of carbonyl (C=O) groups excluding carboxylic acids is 1. The number of oxime groups is 1. The van der Waals surface area contributed by atoms with Crippen molar-refractivity contribution in [3.63, 3.8) is 0 Å². The van der Waals surface area contributed by atoms with Gasteiger partial charge in [0.25, 0.3) is 5.91 Å². The molecule has 5 nitrogen and oxygen atoms in total. The van der Waals surface area contributed by atoms with Gasteiger partial charge in [-0.2, -0.15) is 0 Å². The second-order valence-electron chi connectivity index (χ2n) is 4.41. The Kier molecular flexibility index (Phi) is 3.90. The van der Waals surface area contributed by atoms with Crippen molar-refractivity contribution in [1.82, 2.24) is 5.32 Å². The standard InChI is InChI=1S/C12H13ClFN3O2/c13-8-3-1-2-7(9(8)14)12(18)16-10(6-4-5-6)11(15)17-19/h1-3,6,10,19H,4-5H2,(H2,15,17)(H,16,18). The molecule has 1 unspecified atom stereocenters. The van der Waals surface area contributed by atoms with Crippen molar-refractivity contribution in [3.05, 3.63) is 34.6 Å². The Morgan fingerprint density at radius 1 is 1.58 bits per heavy atom. The second kappa shape index (κ2) is 5.44. The number of hydrogen-bond acceptors (Lipinski definition) is 3. The summed E-state index contributed by atoms with van der Waals surface area (Å²) >= 11 is 5.62. The van der Waals surface area contributed by atoms with Crippen LogP contribution in [0.25, 0.3) is 0 Å². The maximum Gasteiger partial charge on any atom is 0.254 e. The summed E-state index contributed by atoms with van der Waals surface area (Å²) in [5.74, 6) is -1.38. The van der Waals surface area contributed by atoms with Crippen molar-refractivity contribution < 1.29 is 14.4 Å². The van der Waals surface area contributed by atoms with Gasteiger partial charge in [-0.05, 0) is 30.9 Å². The fraction of sp³-hybridized carbons (Fsp3) is 0.333. The first-order chi connectivity index (χ1) is 9.04. The van der Waals surface area contributed by atoms with Gasteiger partial charge in [-0.1, -0.05) is 22.8 Å². The van der Waals surface area contributed by atoms with E-state index in [4.69, 9.17) is 22.5 Å². The third kappa shape index (κ3) is 2.96. The van der Waals surface area contributed by atoms with Gasteiger partial charge in [0.2, 0.25) is 0 Å². The van der Waals surface area contributed by atoms with Crippen LogP contribution in [0.1, 0.15) is 23.2 Å². The minimum atomic E-state index is -0.782. The molecule has 0 aromatic heterocycles. The highest BCUT2D eigenvalue weighted by molar-refractivity contribution is 6.31. The summed E-state index contributed by atoms with van der Waals surface area (Å²) in [4.78, 5) is 12.0. The first-order valence-electron chi connectivity index (χ1n) is 5.77. The molecular weight excluding hydrogens is 273 g/mol. The van der Waals surface area contributed by atoms with Crippen LogP contribution in [0.2, 0.25) is 5.02 Å². The summed E-state index contributed by atoms with van der Waals surface area (Å²) in [5.41, 5.74) is 5.35. The van der Waals surface area contributed by atoms with Crippen molar-refractivity contribution in [2.75, 3.05) is 0 Å². The van der Waals surface area contributed by atoms with Gasteiger partial charge in [-0.3, -0.25) is 4.79 Å². The van der Waals surface area contributed by atoms with Crippen LogP contribution in [0.15, 0.2) is 23.4 Å². The number of rotatable bonds is 4. The van der Waals surface area contributed by atoms with Gasteiger partial charge in [0.1, 0.15) is 0 Å². The molecule has 1 aromatic rings. The molecular formula is C12H13ClFN3O2. The van der Waals surface area contributed by atoms with E-state index in [0.717, 1.165) is 12.8 Å². The Hall–Kier alpha value is -1.82. The summed E-state index contributed by atoms with van der Waals surface area (Å²) in [6.45, 7) is 0. The van der Waals surface area contributed by atoms with Gasteiger partial charge in [0, 0.05) is 0 Å². The molecule has 0 heterocycles. The molecule has 1 aliphatic rings. The number of amides is 1. The first kappa shape index (κ1) is 13.6. The van der Waals surface area contributed by atoms with E-state index in [0.29, 0.717) is 0 Å². The molecule has 4 N–H and O–H groups in total. The Balaban J connectivity index is 2.17. The zero-order valence-electron chi connectivity index (χ0n) is 9.94. The predicted octanol–water partition coefficient (Wildman–Crippen LogP) is 1.73. The van der Waals surface area contributed by atoms with Crippen LogP contribution in [0.3, 0.4) is 0 Å². The van der Waals surface area contributed by atoms with E-state index < -0.39 is 17.8 Å². The third-order valence-electron chi connectivity index (χ3n) is 3.01. The average Bonchev–Trinajstić information content (AvgIpc) is 3.22. The highest BCUT2D eigenvalue weighted by Gasteiger charge is 2.35. The normalized spacial score (nSPS) is 17.1. The van der Waals surface area contributed by atoms with Crippen LogP contribution in [0.5, 0.6) is 0 Å². The molecule has 102 valence electrons. The average molecular weight is 286 g/mol. The highest BCUT2D eigenvalue weighted by Crippen LogP contribution is 2.33. The van der Waals surface area contributed by atoms with E-state index >= 15 is 0 Å². The SMILES string of the molecule is N/C(=N/O)C(NC(=O)c1cccc(Cl)c1F)C1CC1. The number of benzene rings is 1. The van der Waals surface area contributed by atoms with Crippen molar-refractivity contribution >= 4 is 23.3 Å².